The molecular formula is C23H20BrClN2O7. The molecule has 2 aromatic rings. The van der Waals surface area contributed by atoms with E-state index < -0.39 is 23.8 Å². The number of aryl methyl sites for hydroxylation is 1. The van der Waals surface area contributed by atoms with Gasteiger partial charge in [0.25, 0.3) is 11.8 Å². The van der Waals surface area contributed by atoms with Gasteiger partial charge < -0.3 is 14.2 Å². The number of benzene rings is 2. The van der Waals surface area contributed by atoms with Crippen molar-refractivity contribution in [3.05, 3.63) is 56.5 Å². The Morgan fingerprint density at radius 3 is 2.56 bits per heavy atom. The van der Waals surface area contributed by atoms with Gasteiger partial charge in [-0.2, -0.15) is 0 Å². The molecule has 0 aromatic heterocycles. The molecule has 4 amide bonds. The summed E-state index contributed by atoms with van der Waals surface area (Å²) in [6.45, 7) is 3.42. The van der Waals surface area contributed by atoms with E-state index in [9.17, 15) is 19.2 Å². The molecule has 3 rings (SSSR count). The van der Waals surface area contributed by atoms with E-state index in [1.54, 1.807) is 25.1 Å². The van der Waals surface area contributed by atoms with Crippen molar-refractivity contribution in [2.24, 2.45) is 0 Å². The molecule has 2 aromatic carbocycles. The maximum atomic E-state index is 13.1. The molecular weight excluding hydrogens is 532 g/mol. The van der Waals surface area contributed by atoms with Crippen LogP contribution in [0.3, 0.4) is 0 Å². The Labute approximate surface area is 208 Å². The number of nitrogens with one attached hydrogen (secondary N) is 1. The number of esters is 1. The number of ether oxygens (including phenoxy) is 3. The zero-order valence-corrected chi connectivity index (χ0v) is 20.8. The minimum Gasteiger partial charge on any atom is -0.490 e. The van der Waals surface area contributed by atoms with Crippen LogP contribution >= 0.6 is 27.5 Å². The fourth-order valence-electron chi connectivity index (χ4n) is 3.09. The first kappa shape index (κ1) is 25.3. The summed E-state index contributed by atoms with van der Waals surface area (Å²) < 4.78 is 16.3. The van der Waals surface area contributed by atoms with Gasteiger partial charge in [-0.25, -0.2) is 14.5 Å². The van der Waals surface area contributed by atoms with E-state index in [1.165, 1.54) is 25.3 Å². The smallest absolute Gasteiger partial charge is 0.343 e. The van der Waals surface area contributed by atoms with Gasteiger partial charge in [-0.15, -0.1) is 0 Å². The van der Waals surface area contributed by atoms with Gasteiger partial charge in [-0.05, 0) is 61.4 Å². The van der Waals surface area contributed by atoms with Crippen molar-refractivity contribution in [3.63, 3.8) is 0 Å². The Balaban J connectivity index is 2.00. The van der Waals surface area contributed by atoms with Gasteiger partial charge in [0.1, 0.15) is 5.57 Å². The van der Waals surface area contributed by atoms with E-state index in [1.807, 2.05) is 6.92 Å². The third-order valence-corrected chi connectivity index (χ3v) is 5.88. The van der Waals surface area contributed by atoms with Crippen LogP contribution in [0.5, 0.6) is 11.5 Å². The van der Waals surface area contributed by atoms with Crippen LogP contribution in [0.25, 0.3) is 6.08 Å². The van der Waals surface area contributed by atoms with Gasteiger partial charge >= 0.3 is 12.0 Å². The Hall–Kier alpha value is -3.37. The number of carbonyl (C=O) groups excluding carboxylic acids is 4. The first-order valence-corrected chi connectivity index (χ1v) is 11.2. The lowest BCUT2D eigenvalue weighted by atomic mass is 10.1. The number of anilines is 1. The van der Waals surface area contributed by atoms with Crippen molar-refractivity contribution in [1.82, 2.24) is 5.32 Å². The number of rotatable bonds is 7. The molecule has 9 nitrogen and oxygen atoms in total. The van der Waals surface area contributed by atoms with E-state index in [0.29, 0.717) is 11.3 Å². The fourth-order valence-corrected chi connectivity index (χ4v) is 3.61. The molecule has 0 spiro atoms. The Morgan fingerprint density at radius 2 is 1.91 bits per heavy atom. The first-order chi connectivity index (χ1) is 16.2. The fraction of sp³-hybridized carbons (Fsp3) is 0.217. The number of barbiturate groups is 1. The highest BCUT2D eigenvalue weighted by Crippen LogP contribution is 2.37. The highest BCUT2D eigenvalue weighted by atomic mass is 79.9. The van der Waals surface area contributed by atoms with Crippen LogP contribution in [0.2, 0.25) is 5.02 Å². The van der Waals surface area contributed by atoms with Crippen LogP contribution < -0.4 is 19.7 Å². The van der Waals surface area contributed by atoms with E-state index in [-0.39, 0.29) is 35.3 Å². The number of imide groups is 2. The zero-order valence-electron chi connectivity index (χ0n) is 18.4. The predicted octanol–water partition coefficient (Wildman–Crippen LogP) is 4.03. The average molecular weight is 552 g/mol. The molecule has 178 valence electrons. The largest absolute Gasteiger partial charge is 0.490 e. The number of urea groups is 1. The van der Waals surface area contributed by atoms with Gasteiger partial charge in [-0.3, -0.25) is 14.9 Å². The third kappa shape index (κ3) is 5.40. The van der Waals surface area contributed by atoms with E-state index >= 15 is 0 Å². The normalized spacial score (nSPS) is 14.8. The molecule has 0 atom stereocenters. The van der Waals surface area contributed by atoms with Crippen molar-refractivity contribution in [2.45, 2.75) is 13.8 Å². The Morgan fingerprint density at radius 1 is 1.18 bits per heavy atom. The molecule has 0 bridgehead atoms. The number of hydrogen-bond acceptors (Lipinski definition) is 7. The molecule has 11 heteroatoms. The Bertz CT molecular complexity index is 1210. The highest BCUT2D eigenvalue weighted by Gasteiger charge is 2.37. The summed E-state index contributed by atoms with van der Waals surface area (Å²) in [6.07, 6.45) is 1.29. The van der Waals surface area contributed by atoms with E-state index in [4.69, 9.17) is 21.1 Å². The number of nitrogens with zero attached hydrogens (tertiary/aromatic N) is 1. The summed E-state index contributed by atoms with van der Waals surface area (Å²) in [4.78, 5) is 50.4. The van der Waals surface area contributed by atoms with Crippen LogP contribution in [0.1, 0.15) is 18.1 Å². The maximum Gasteiger partial charge on any atom is 0.343 e. The first-order valence-electron chi connectivity index (χ1n) is 9.99. The van der Waals surface area contributed by atoms with Crippen LogP contribution in [0.15, 0.2) is 40.4 Å². The summed E-state index contributed by atoms with van der Waals surface area (Å²) >= 11 is 9.70. The second-order valence-corrected chi connectivity index (χ2v) is 8.28. The molecule has 1 saturated heterocycles. The number of carbonyl (C=O) groups is 4. The van der Waals surface area contributed by atoms with Crippen molar-refractivity contribution < 1.29 is 33.4 Å². The quantitative estimate of drug-likeness (QED) is 0.314. The van der Waals surface area contributed by atoms with Crippen LogP contribution in [-0.4, -0.2) is 44.1 Å². The van der Waals surface area contributed by atoms with Crippen molar-refractivity contribution in [3.8, 4) is 11.5 Å². The molecule has 0 saturated carbocycles. The highest BCUT2D eigenvalue weighted by molar-refractivity contribution is 9.10. The second-order valence-electron chi connectivity index (χ2n) is 7.02. The van der Waals surface area contributed by atoms with Gasteiger partial charge in [0.2, 0.25) is 0 Å². The summed E-state index contributed by atoms with van der Waals surface area (Å²) in [5.74, 6) is -1.94. The van der Waals surface area contributed by atoms with Crippen LogP contribution in [-0.2, 0) is 19.1 Å². The number of amides is 4. The third-order valence-electron chi connectivity index (χ3n) is 4.71. The minimum atomic E-state index is -0.853. The lowest BCUT2D eigenvalue weighted by Gasteiger charge is -2.26. The monoisotopic (exact) mass is 550 g/mol. The lowest BCUT2D eigenvalue weighted by molar-refractivity contribution is -0.143. The summed E-state index contributed by atoms with van der Waals surface area (Å²) in [6, 6.07) is 7.01. The standard InChI is InChI=1S/C23H20BrClN2O7/c1-4-33-18-10-13(9-17(25)20(18)34-11-19(28)32-3)8-15-21(29)26-23(31)27(22(15)30)14-5-6-16(24)12(2)7-14/h5-10H,4,11H2,1-3H3,(H,26,29,31)/b15-8+. The summed E-state index contributed by atoms with van der Waals surface area (Å²) in [5, 5.41) is 2.26. The van der Waals surface area contributed by atoms with Crippen LogP contribution in [0.4, 0.5) is 10.5 Å². The molecule has 0 radical (unpaired) electrons. The van der Waals surface area contributed by atoms with Gasteiger partial charge in [0.05, 0.1) is 24.4 Å². The molecule has 1 heterocycles. The molecule has 1 aliphatic rings. The van der Waals surface area contributed by atoms with Crippen molar-refractivity contribution in [1.29, 1.82) is 0 Å². The van der Waals surface area contributed by atoms with Crippen LogP contribution in [0, 0.1) is 6.92 Å². The van der Waals surface area contributed by atoms with E-state index in [2.05, 4.69) is 26.0 Å². The number of halogens is 2. The molecule has 0 unspecified atom stereocenters. The van der Waals surface area contributed by atoms with E-state index in [0.717, 1.165) is 14.9 Å². The molecule has 1 N–H and O–H groups in total. The predicted molar refractivity (Wildman–Crippen MR) is 128 cm³/mol. The van der Waals surface area contributed by atoms with Crippen molar-refractivity contribution in [2.75, 3.05) is 25.2 Å². The molecule has 1 aliphatic heterocycles. The zero-order chi connectivity index (χ0) is 25.0. The second kappa shape index (κ2) is 10.7. The minimum absolute atomic E-state index is 0.0850. The Kier molecular flexibility index (Phi) is 7.95. The maximum absolute atomic E-state index is 13.1. The van der Waals surface area contributed by atoms with Gasteiger partial charge in [0, 0.05) is 4.47 Å². The molecule has 34 heavy (non-hydrogen) atoms. The van der Waals surface area contributed by atoms with Gasteiger partial charge in [-0.1, -0.05) is 27.5 Å². The molecule has 0 aliphatic carbocycles. The van der Waals surface area contributed by atoms with Gasteiger partial charge in [0.15, 0.2) is 18.1 Å². The van der Waals surface area contributed by atoms with Crippen molar-refractivity contribution >= 4 is 63.1 Å². The number of hydrogen-bond donors (Lipinski definition) is 1. The summed E-state index contributed by atoms with van der Waals surface area (Å²) in [7, 11) is 1.22. The molecule has 1 fully saturated rings. The average Bonchev–Trinajstić information content (AvgIpc) is 2.78. The lowest BCUT2D eigenvalue weighted by Crippen LogP contribution is -2.54. The topological polar surface area (TPSA) is 111 Å². The SMILES string of the molecule is CCOc1cc(/C=C2\C(=O)NC(=O)N(c3ccc(Br)c(C)c3)C2=O)cc(Cl)c1OCC(=O)OC. The summed E-state index contributed by atoms with van der Waals surface area (Å²) in [5.41, 5.74) is 1.18. The number of methoxy groups -OCH3 is 1.